The molecule has 0 unspecified atom stereocenters. The molecule has 0 saturated heterocycles. The Morgan fingerprint density at radius 3 is 2.32 bits per heavy atom. The molecule has 0 aliphatic rings. The Morgan fingerprint density at radius 2 is 1.58 bits per heavy atom. The summed E-state index contributed by atoms with van der Waals surface area (Å²) in [4.78, 5) is 21.6. The number of halogens is 1. The smallest absolute Gasteiger partial charge is 0.283 e. The van der Waals surface area contributed by atoms with Crippen molar-refractivity contribution in [2.75, 3.05) is 0 Å². The van der Waals surface area contributed by atoms with E-state index in [2.05, 4.69) is 4.98 Å². The number of aromatic nitrogens is 3. The largest absolute Gasteiger partial charge is 0.355 e. The van der Waals surface area contributed by atoms with Crippen LogP contribution in [0.2, 0.25) is 5.02 Å². The van der Waals surface area contributed by atoms with Crippen LogP contribution in [0.5, 0.6) is 0 Å². The summed E-state index contributed by atoms with van der Waals surface area (Å²) < 4.78 is 1.66. The molecule has 0 aliphatic heterocycles. The molecule has 31 heavy (non-hydrogen) atoms. The first kappa shape index (κ1) is 19.7. The Balaban J connectivity index is 1.68. The molecule has 0 spiro atoms. The van der Waals surface area contributed by atoms with Crippen molar-refractivity contribution in [3.63, 3.8) is 0 Å². The number of H-pyrrole nitrogens is 1. The second-order valence-corrected chi connectivity index (χ2v) is 8.39. The van der Waals surface area contributed by atoms with Crippen molar-refractivity contribution in [1.29, 1.82) is 0 Å². The molecule has 3 aromatic carbocycles. The summed E-state index contributed by atoms with van der Waals surface area (Å²) >= 11 is 7.85. The van der Waals surface area contributed by atoms with E-state index in [0.717, 1.165) is 22.4 Å². The third-order valence-corrected chi connectivity index (χ3v) is 6.44. The van der Waals surface area contributed by atoms with Crippen LogP contribution in [-0.4, -0.2) is 14.5 Å². The molecular weight excluding hydrogens is 426 g/mol. The van der Waals surface area contributed by atoms with Gasteiger partial charge in [-0.1, -0.05) is 90.1 Å². The van der Waals surface area contributed by atoms with Gasteiger partial charge in [-0.25, -0.2) is 4.98 Å². The predicted octanol–water partition coefficient (Wildman–Crippen LogP) is 6.33. The van der Waals surface area contributed by atoms with E-state index in [9.17, 15) is 4.79 Å². The summed E-state index contributed by atoms with van der Waals surface area (Å²) in [7, 11) is 0. The number of para-hydroxylation sites is 1. The van der Waals surface area contributed by atoms with Crippen molar-refractivity contribution < 1.29 is 0 Å². The van der Waals surface area contributed by atoms with Crippen LogP contribution < -0.4 is 5.56 Å². The van der Waals surface area contributed by atoms with Crippen molar-refractivity contribution in [2.24, 2.45) is 0 Å². The SMILES string of the molecule is O=c1c2[nH]cc(-c3ccccc3)c2nc(SCc2ccccc2Cl)n1-c1ccccc1. The van der Waals surface area contributed by atoms with E-state index in [4.69, 9.17) is 16.6 Å². The number of fused-ring (bicyclic) bond motifs is 1. The maximum absolute atomic E-state index is 13.5. The van der Waals surface area contributed by atoms with Crippen LogP contribution in [0.25, 0.3) is 27.8 Å². The number of benzene rings is 3. The van der Waals surface area contributed by atoms with Gasteiger partial charge < -0.3 is 4.98 Å². The van der Waals surface area contributed by atoms with Crippen molar-refractivity contribution >= 4 is 34.4 Å². The van der Waals surface area contributed by atoms with Crippen LogP contribution in [0.1, 0.15) is 5.56 Å². The highest BCUT2D eigenvalue weighted by Gasteiger charge is 2.18. The van der Waals surface area contributed by atoms with Gasteiger partial charge in [-0.3, -0.25) is 9.36 Å². The third-order valence-electron chi connectivity index (χ3n) is 5.08. The number of hydrogen-bond donors (Lipinski definition) is 1. The molecule has 2 aromatic heterocycles. The highest BCUT2D eigenvalue weighted by Crippen LogP contribution is 2.31. The Bertz CT molecular complexity index is 1410. The first-order chi connectivity index (χ1) is 15.2. The Hall–Kier alpha value is -3.28. The lowest BCUT2D eigenvalue weighted by Gasteiger charge is -2.13. The van der Waals surface area contributed by atoms with Gasteiger partial charge in [-0.05, 0) is 29.3 Å². The Labute approximate surface area is 188 Å². The highest BCUT2D eigenvalue weighted by atomic mass is 35.5. The number of nitrogens with zero attached hydrogens (tertiary/aromatic N) is 2. The van der Waals surface area contributed by atoms with E-state index in [-0.39, 0.29) is 5.56 Å². The second kappa shape index (κ2) is 8.46. The van der Waals surface area contributed by atoms with Crippen molar-refractivity contribution in [3.8, 4) is 16.8 Å². The van der Waals surface area contributed by atoms with Gasteiger partial charge in [-0.15, -0.1) is 0 Å². The van der Waals surface area contributed by atoms with Crippen molar-refractivity contribution in [3.05, 3.63) is 112 Å². The van der Waals surface area contributed by atoms with Crippen LogP contribution in [0.3, 0.4) is 0 Å². The number of thioether (sulfide) groups is 1. The van der Waals surface area contributed by atoms with E-state index in [1.54, 1.807) is 4.57 Å². The monoisotopic (exact) mass is 443 g/mol. The van der Waals surface area contributed by atoms with Crippen LogP contribution in [0.15, 0.2) is 101 Å². The average molecular weight is 444 g/mol. The Kier molecular flexibility index (Phi) is 5.37. The molecule has 0 bridgehead atoms. The molecule has 0 saturated carbocycles. The number of nitrogens with one attached hydrogen (secondary N) is 1. The predicted molar refractivity (Wildman–Crippen MR) is 128 cm³/mol. The fourth-order valence-electron chi connectivity index (χ4n) is 3.54. The minimum absolute atomic E-state index is 0.125. The molecule has 152 valence electrons. The quantitative estimate of drug-likeness (QED) is 0.255. The van der Waals surface area contributed by atoms with Gasteiger partial charge in [0.15, 0.2) is 5.16 Å². The summed E-state index contributed by atoms with van der Waals surface area (Å²) in [6.07, 6.45) is 1.85. The number of rotatable bonds is 5. The molecule has 5 rings (SSSR count). The topological polar surface area (TPSA) is 50.7 Å². The normalized spacial score (nSPS) is 11.1. The average Bonchev–Trinajstić information content (AvgIpc) is 3.24. The molecule has 4 nitrogen and oxygen atoms in total. The summed E-state index contributed by atoms with van der Waals surface area (Å²) in [5.74, 6) is 0.607. The zero-order valence-electron chi connectivity index (χ0n) is 16.5. The van der Waals surface area contributed by atoms with Gasteiger partial charge in [0.25, 0.3) is 5.56 Å². The molecule has 1 N–H and O–H groups in total. The summed E-state index contributed by atoms with van der Waals surface area (Å²) in [5.41, 5.74) is 4.74. The standard InChI is InChI=1S/C25H18ClN3OS/c26-21-14-8-7-11-18(21)16-31-25-28-22-20(17-9-3-1-4-10-17)15-27-23(22)24(30)29(25)19-12-5-2-6-13-19/h1-15,27H,16H2. The molecule has 0 atom stereocenters. The van der Waals surface area contributed by atoms with Crippen molar-refractivity contribution in [1.82, 2.24) is 14.5 Å². The van der Waals surface area contributed by atoms with E-state index in [0.29, 0.717) is 27.0 Å². The minimum Gasteiger partial charge on any atom is -0.355 e. The van der Waals surface area contributed by atoms with Gasteiger partial charge in [0.05, 0.1) is 5.69 Å². The summed E-state index contributed by atoms with van der Waals surface area (Å²) in [6, 6.07) is 27.3. The molecular formula is C25H18ClN3OS. The fourth-order valence-corrected chi connectivity index (χ4v) is 4.83. The lowest BCUT2D eigenvalue weighted by Crippen LogP contribution is -2.21. The number of aromatic amines is 1. The van der Waals surface area contributed by atoms with Gasteiger partial charge in [-0.2, -0.15) is 0 Å². The molecule has 0 radical (unpaired) electrons. The Morgan fingerprint density at radius 1 is 0.903 bits per heavy atom. The van der Waals surface area contributed by atoms with Gasteiger partial charge in [0.2, 0.25) is 0 Å². The number of hydrogen-bond acceptors (Lipinski definition) is 3. The molecule has 2 heterocycles. The van der Waals surface area contributed by atoms with E-state index in [1.807, 2.05) is 91.1 Å². The second-order valence-electron chi connectivity index (χ2n) is 7.04. The zero-order chi connectivity index (χ0) is 21.2. The highest BCUT2D eigenvalue weighted by molar-refractivity contribution is 7.98. The van der Waals surface area contributed by atoms with E-state index < -0.39 is 0 Å². The fraction of sp³-hybridized carbons (Fsp3) is 0.0400. The lowest BCUT2D eigenvalue weighted by molar-refractivity contribution is 0.818. The zero-order valence-corrected chi connectivity index (χ0v) is 18.0. The van der Waals surface area contributed by atoms with Crippen LogP contribution in [0, 0.1) is 0 Å². The molecule has 5 aromatic rings. The maximum atomic E-state index is 13.5. The third kappa shape index (κ3) is 3.78. The molecule has 0 amide bonds. The van der Waals surface area contributed by atoms with Crippen LogP contribution in [-0.2, 0) is 5.75 Å². The van der Waals surface area contributed by atoms with Gasteiger partial charge in [0.1, 0.15) is 11.0 Å². The summed E-state index contributed by atoms with van der Waals surface area (Å²) in [5, 5.41) is 1.33. The molecule has 0 fully saturated rings. The lowest BCUT2D eigenvalue weighted by atomic mass is 10.1. The first-order valence-electron chi connectivity index (χ1n) is 9.83. The van der Waals surface area contributed by atoms with Gasteiger partial charge in [0, 0.05) is 22.5 Å². The summed E-state index contributed by atoms with van der Waals surface area (Å²) in [6.45, 7) is 0. The van der Waals surface area contributed by atoms with E-state index >= 15 is 0 Å². The van der Waals surface area contributed by atoms with Crippen LogP contribution in [0.4, 0.5) is 0 Å². The van der Waals surface area contributed by atoms with Gasteiger partial charge >= 0.3 is 0 Å². The van der Waals surface area contributed by atoms with Crippen LogP contribution >= 0.6 is 23.4 Å². The molecule has 6 heteroatoms. The van der Waals surface area contributed by atoms with Crippen molar-refractivity contribution in [2.45, 2.75) is 10.9 Å². The molecule has 0 aliphatic carbocycles. The maximum Gasteiger partial charge on any atom is 0.283 e. The van der Waals surface area contributed by atoms with E-state index in [1.165, 1.54) is 11.8 Å². The first-order valence-corrected chi connectivity index (χ1v) is 11.2. The minimum atomic E-state index is -0.125.